The van der Waals surface area contributed by atoms with Crippen molar-refractivity contribution in [1.29, 1.82) is 0 Å². The van der Waals surface area contributed by atoms with E-state index in [0.717, 1.165) is 36.3 Å². The van der Waals surface area contributed by atoms with Crippen molar-refractivity contribution < 1.29 is 4.74 Å². The molecular formula is C15H18N2O. The molecule has 0 unspecified atom stereocenters. The first-order chi connectivity index (χ1) is 8.92. The van der Waals surface area contributed by atoms with Crippen molar-refractivity contribution >= 4 is 10.9 Å². The second-order valence-corrected chi connectivity index (χ2v) is 4.87. The average molecular weight is 242 g/mol. The molecule has 2 aromatic rings. The fourth-order valence-corrected chi connectivity index (χ4v) is 2.39. The summed E-state index contributed by atoms with van der Waals surface area (Å²) in [5.74, 6) is 1.56. The summed E-state index contributed by atoms with van der Waals surface area (Å²) in [4.78, 5) is 4.41. The van der Waals surface area contributed by atoms with Crippen LogP contribution in [0.2, 0.25) is 0 Å². The minimum Gasteiger partial charge on any atom is -0.492 e. The molecule has 3 heteroatoms. The molecular weight excluding hydrogens is 224 g/mol. The zero-order chi connectivity index (χ0) is 12.2. The predicted octanol–water partition coefficient (Wildman–Crippen LogP) is 2.61. The molecule has 94 valence electrons. The standard InChI is InChI=1S/C15H18N2O/c1-2-4-15-13(3-1)9-14(10-17-15)18-11-12-5-7-16-8-6-12/h1-4,9-10,12,16H,5-8,11H2. The van der Waals surface area contributed by atoms with Gasteiger partial charge in [0.2, 0.25) is 0 Å². The van der Waals surface area contributed by atoms with Gasteiger partial charge in [0, 0.05) is 5.39 Å². The van der Waals surface area contributed by atoms with Gasteiger partial charge in [0.05, 0.1) is 18.3 Å². The summed E-state index contributed by atoms with van der Waals surface area (Å²) in [5.41, 5.74) is 1.02. The third-order valence-corrected chi connectivity index (χ3v) is 3.51. The lowest BCUT2D eigenvalue weighted by atomic mass is 9.99. The molecule has 0 spiro atoms. The maximum atomic E-state index is 5.86. The highest BCUT2D eigenvalue weighted by Crippen LogP contribution is 2.20. The van der Waals surface area contributed by atoms with E-state index in [-0.39, 0.29) is 0 Å². The highest BCUT2D eigenvalue weighted by molar-refractivity contribution is 5.79. The molecule has 0 bridgehead atoms. The van der Waals surface area contributed by atoms with Gasteiger partial charge in [-0.15, -0.1) is 0 Å². The normalized spacial score (nSPS) is 16.9. The Morgan fingerprint density at radius 1 is 1.22 bits per heavy atom. The highest BCUT2D eigenvalue weighted by Gasteiger charge is 2.13. The fourth-order valence-electron chi connectivity index (χ4n) is 2.39. The Kier molecular flexibility index (Phi) is 3.42. The van der Waals surface area contributed by atoms with Crippen LogP contribution in [0.5, 0.6) is 5.75 Å². The van der Waals surface area contributed by atoms with Gasteiger partial charge in [-0.1, -0.05) is 18.2 Å². The summed E-state index contributed by atoms with van der Waals surface area (Å²) in [6, 6.07) is 10.2. The van der Waals surface area contributed by atoms with Crippen molar-refractivity contribution in [2.75, 3.05) is 19.7 Å². The van der Waals surface area contributed by atoms with Crippen molar-refractivity contribution in [1.82, 2.24) is 10.3 Å². The van der Waals surface area contributed by atoms with Crippen LogP contribution >= 0.6 is 0 Å². The van der Waals surface area contributed by atoms with Gasteiger partial charge in [0.15, 0.2) is 0 Å². The lowest BCUT2D eigenvalue weighted by Gasteiger charge is -2.22. The van der Waals surface area contributed by atoms with Crippen LogP contribution in [0.3, 0.4) is 0 Å². The van der Waals surface area contributed by atoms with E-state index in [1.807, 2.05) is 24.4 Å². The molecule has 18 heavy (non-hydrogen) atoms. The molecule has 1 aromatic heterocycles. The van der Waals surface area contributed by atoms with Crippen LogP contribution in [0, 0.1) is 5.92 Å². The van der Waals surface area contributed by atoms with Crippen LogP contribution in [0.1, 0.15) is 12.8 Å². The summed E-state index contributed by atoms with van der Waals surface area (Å²) in [7, 11) is 0. The minimum atomic E-state index is 0.678. The molecule has 3 rings (SSSR count). The van der Waals surface area contributed by atoms with Gasteiger partial charge in [-0.25, -0.2) is 0 Å². The van der Waals surface area contributed by atoms with Crippen molar-refractivity contribution in [3.8, 4) is 5.75 Å². The number of para-hydroxylation sites is 1. The van der Waals surface area contributed by atoms with E-state index in [1.54, 1.807) is 0 Å². The Balaban J connectivity index is 1.66. The zero-order valence-corrected chi connectivity index (χ0v) is 10.4. The molecule has 2 heterocycles. The van der Waals surface area contributed by atoms with Crippen LogP contribution in [-0.4, -0.2) is 24.7 Å². The van der Waals surface area contributed by atoms with Gasteiger partial charge < -0.3 is 10.1 Å². The van der Waals surface area contributed by atoms with Crippen molar-refractivity contribution in [2.24, 2.45) is 5.92 Å². The molecule has 0 amide bonds. The Hall–Kier alpha value is -1.61. The van der Waals surface area contributed by atoms with Crippen LogP contribution in [-0.2, 0) is 0 Å². The monoisotopic (exact) mass is 242 g/mol. The average Bonchev–Trinajstić information content (AvgIpc) is 2.46. The Labute approximate surface area is 107 Å². The van der Waals surface area contributed by atoms with E-state index in [0.29, 0.717) is 5.92 Å². The number of rotatable bonds is 3. The third kappa shape index (κ3) is 2.62. The molecule has 1 saturated heterocycles. The number of benzene rings is 1. The number of pyridine rings is 1. The first kappa shape index (κ1) is 11.5. The van der Waals surface area contributed by atoms with E-state index in [4.69, 9.17) is 4.74 Å². The third-order valence-electron chi connectivity index (χ3n) is 3.51. The smallest absolute Gasteiger partial charge is 0.138 e. The molecule has 1 aliphatic heterocycles. The summed E-state index contributed by atoms with van der Waals surface area (Å²) in [5, 5.41) is 4.51. The summed E-state index contributed by atoms with van der Waals surface area (Å²) < 4.78 is 5.86. The van der Waals surface area contributed by atoms with Gasteiger partial charge in [-0.2, -0.15) is 0 Å². The first-order valence-corrected chi connectivity index (χ1v) is 6.60. The van der Waals surface area contributed by atoms with Gasteiger partial charge in [-0.3, -0.25) is 4.98 Å². The van der Waals surface area contributed by atoms with Gasteiger partial charge in [-0.05, 0) is 44.0 Å². The Morgan fingerprint density at radius 2 is 2.06 bits per heavy atom. The number of nitrogens with zero attached hydrogens (tertiary/aromatic N) is 1. The van der Waals surface area contributed by atoms with E-state index in [2.05, 4.69) is 22.4 Å². The predicted molar refractivity (Wildman–Crippen MR) is 72.8 cm³/mol. The van der Waals surface area contributed by atoms with Crippen LogP contribution < -0.4 is 10.1 Å². The van der Waals surface area contributed by atoms with E-state index in [9.17, 15) is 0 Å². The van der Waals surface area contributed by atoms with Crippen LogP contribution in [0.15, 0.2) is 36.5 Å². The molecule has 1 aliphatic rings. The van der Waals surface area contributed by atoms with Crippen LogP contribution in [0.4, 0.5) is 0 Å². The van der Waals surface area contributed by atoms with Crippen molar-refractivity contribution in [2.45, 2.75) is 12.8 Å². The maximum Gasteiger partial charge on any atom is 0.138 e. The topological polar surface area (TPSA) is 34.1 Å². The lowest BCUT2D eigenvalue weighted by molar-refractivity contribution is 0.215. The second-order valence-electron chi connectivity index (χ2n) is 4.87. The summed E-state index contributed by atoms with van der Waals surface area (Å²) in [6.07, 6.45) is 4.24. The van der Waals surface area contributed by atoms with Crippen LogP contribution in [0.25, 0.3) is 10.9 Å². The number of nitrogens with one attached hydrogen (secondary N) is 1. The van der Waals surface area contributed by atoms with Crippen molar-refractivity contribution in [3.63, 3.8) is 0 Å². The molecule has 0 saturated carbocycles. The van der Waals surface area contributed by atoms with Gasteiger partial charge >= 0.3 is 0 Å². The molecule has 0 atom stereocenters. The molecule has 0 radical (unpaired) electrons. The van der Waals surface area contributed by atoms with E-state index >= 15 is 0 Å². The van der Waals surface area contributed by atoms with E-state index < -0.39 is 0 Å². The largest absolute Gasteiger partial charge is 0.492 e. The Morgan fingerprint density at radius 3 is 2.94 bits per heavy atom. The molecule has 3 nitrogen and oxygen atoms in total. The lowest BCUT2D eigenvalue weighted by Crippen LogP contribution is -2.30. The minimum absolute atomic E-state index is 0.678. The fraction of sp³-hybridized carbons (Fsp3) is 0.400. The molecule has 0 aliphatic carbocycles. The number of hydrogen-bond acceptors (Lipinski definition) is 3. The first-order valence-electron chi connectivity index (χ1n) is 6.60. The number of aromatic nitrogens is 1. The number of piperidine rings is 1. The number of fused-ring (bicyclic) bond motifs is 1. The molecule has 1 aromatic carbocycles. The highest BCUT2D eigenvalue weighted by atomic mass is 16.5. The Bertz CT molecular complexity index is 521. The molecule has 1 fully saturated rings. The van der Waals surface area contributed by atoms with Gasteiger partial charge in [0.25, 0.3) is 0 Å². The summed E-state index contributed by atoms with van der Waals surface area (Å²) >= 11 is 0. The maximum absolute atomic E-state index is 5.86. The zero-order valence-electron chi connectivity index (χ0n) is 10.4. The van der Waals surface area contributed by atoms with Gasteiger partial charge in [0.1, 0.15) is 5.75 Å². The van der Waals surface area contributed by atoms with E-state index in [1.165, 1.54) is 12.8 Å². The molecule has 1 N–H and O–H groups in total. The number of hydrogen-bond donors (Lipinski definition) is 1. The SMILES string of the molecule is c1ccc2ncc(OCC3CCNCC3)cc2c1. The quantitative estimate of drug-likeness (QED) is 0.898. The van der Waals surface area contributed by atoms with Crippen molar-refractivity contribution in [3.05, 3.63) is 36.5 Å². The number of ether oxygens (including phenoxy) is 1. The summed E-state index contributed by atoms with van der Waals surface area (Å²) in [6.45, 7) is 3.04. The second kappa shape index (κ2) is 5.36.